The number of likely N-dealkylation sites (tertiary alicyclic amines) is 1. The summed E-state index contributed by atoms with van der Waals surface area (Å²) < 4.78 is 10.4. The van der Waals surface area contributed by atoms with Crippen molar-refractivity contribution in [3.05, 3.63) is 63.1 Å². The summed E-state index contributed by atoms with van der Waals surface area (Å²) in [6, 6.07) is 9.30. The molecule has 6 nitrogen and oxygen atoms in total. The molecule has 1 heterocycles. The molecule has 1 amide bonds. The number of aliphatic hydroxyl groups is 1. The molecule has 1 N–H and O–H groups in total. The molecule has 1 atom stereocenters. The molecule has 2 aliphatic rings. The molecule has 32 heavy (non-hydrogen) atoms. The predicted octanol–water partition coefficient (Wildman–Crippen LogP) is 5.37. The Balaban J connectivity index is 1.89. The number of methoxy groups -OCH3 is 2. The first-order chi connectivity index (χ1) is 15.4. The molecular formula is C24H23Cl2NO5. The van der Waals surface area contributed by atoms with Crippen LogP contribution in [0.15, 0.2) is 42.0 Å². The van der Waals surface area contributed by atoms with Gasteiger partial charge in [0.2, 0.25) is 0 Å². The molecule has 8 heteroatoms. The zero-order valence-corrected chi connectivity index (χ0v) is 19.2. The third-order valence-electron chi connectivity index (χ3n) is 6.11. The van der Waals surface area contributed by atoms with Crippen molar-refractivity contribution >= 4 is 40.7 Å². The highest BCUT2D eigenvalue weighted by atomic mass is 35.5. The second kappa shape index (κ2) is 9.04. The molecule has 2 aromatic carbocycles. The van der Waals surface area contributed by atoms with E-state index in [1.165, 1.54) is 19.2 Å². The van der Waals surface area contributed by atoms with Gasteiger partial charge in [-0.15, -0.1) is 0 Å². The van der Waals surface area contributed by atoms with Crippen molar-refractivity contribution in [3.63, 3.8) is 0 Å². The minimum absolute atomic E-state index is 0.0179. The first-order valence-corrected chi connectivity index (χ1v) is 11.1. The minimum Gasteiger partial charge on any atom is -0.507 e. The van der Waals surface area contributed by atoms with Crippen LogP contribution in [0.3, 0.4) is 0 Å². The molecule has 1 aliphatic carbocycles. The molecule has 168 valence electrons. The molecule has 2 aromatic rings. The summed E-state index contributed by atoms with van der Waals surface area (Å²) >= 11 is 12.5. The summed E-state index contributed by atoms with van der Waals surface area (Å²) in [5, 5.41) is 11.6. The van der Waals surface area contributed by atoms with Crippen LogP contribution < -0.4 is 9.47 Å². The maximum Gasteiger partial charge on any atom is 0.295 e. The molecular weight excluding hydrogens is 453 g/mol. The van der Waals surface area contributed by atoms with Crippen molar-refractivity contribution in [2.75, 3.05) is 14.2 Å². The van der Waals surface area contributed by atoms with Gasteiger partial charge < -0.3 is 19.5 Å². The Morgan fingerprint density at radius 3 is 2.12 bits per heavy atom. The van der Waals surface area contributed by atoms with Crippen LogP contribution in [0.1, 0.15) is 42.9 Å². The van der Waals surface area contributed by atoms with Crippen LogP contribution in [0.5, 0.6) is 11.5 Å². The molecule has 2 fully saturated rings. The number of ether oxygens (including phenoxy) is 2. The lowest BCUT2D eigenvalue weighted by Crippen LogP contribution is -2.37. The highest BCUT2D eigenvalue weighted by molar-refractivity contribution is 6.47. The van der Waals surface area contributed by atoms with Crippen molar-refractivity contribution in [3.8, 4) is 11.5 Å². The summed E-state index contributed by atoms with van der Waals surface area (Å²) in [4.78, 5) is 27.9. The average molecular weight is 476 g/mol. The number of aliphatic hydroxyl groups excluding tert-OH is 1. The van der Waals surface area contributed by atoms with E-state index in [1.807, 2.05) is 0 Å². The predicted molar refractivity (Wildman–Crippen MR) is 122 cm³/mol. The zero-order valence-electron chi connectivity index (χ0n) is 17.7. The average Bonchev–Trinajstić information content (AvgIpc) is 3.40. The van der Waals surface area contributed by atoms with E-state index >= 15 is 0 Å². The fraction of sp³-hybridized carbons (Fsp3) is 0.333. The van der Waals surface area contributed by atoms with E-state index in [9.17, 15) is 14.7 Å². The molecule has 1 saturated heterocycles. The van der Waals surface area contributed by atoms with Gasteiger partial charge in [-0.2, -0.15) is 0 Å². The van der Waals surface area contributed by atoms with Gasteiger partial charge in [-0.1, -0.05) is 48.2 Å². The summed E-state index contributed by atoms with van der Waals surface area (Å²) in [5.41, 5.74) is 0.970. The van der Waals surface area contributed by atoms with Crippen molar-refractivity contribution in [2.24, 2.45) is 0 Å². The standard InChI is InChI=1S/C24H23Cl2NO5/c1-31-16-9-7-13(8-10-16)20-19(22(29)24(30)27(20)15-5-3-4-6-15)21(28)14-11-17(25)23(32-2)18(26)12-14/h7-12,15,20,28H,3-6H2,1-2H3/b21-19+. The maximum atomic E-state index is 13.2. The number of amides is 1. The maximum absolute atomic E-state index is 13.2. The van der Waals surface area contributed by atoms with Crippen molar-refractivity contribution in [1.82, 2.24) is 4.90 Å². The van der Waals surface area contributed by atoms with Crippen LogP contribution in [-0.2, 0) is 9.59 Å². The second-order valence-electron chi connectivity index (χ2n) is 7.89. The lowest BCUT2D eigenvalue weighted by molar-refractivity contribution is -0.141. The molecule has 0 bridgehead atoms. The largest absolute Gasteiger partial charge is 0.507 e. The second-order valence-corrected chi connectivity index (χ2v) is 8.71. The number of carbonyl (C=O) groups excluding carboxylic acids is 2. The molecule has 1 unspecified atom stereocenters. The number of nitrogens with zero attached hydrogens (tertiary/aromatic N) is 1. The van der Waals surface area contributed by atoms with Gasteiger partial charge in [-0.25, -0.2) is 0 Å². The van der Waals surface area contributed by atoms with Gasteiger partial charge in [0.25, 0.3) is 11.7 Å². The van der Waals surface area contributed by atoms with E-state index in [2.05, 4.69) is 0 Å². The van der Waals surface area contributed by atoms with Crippen LogP contribution in [0, 0.1) is 0 Å². The summed E-state index contributed by atoms with van der Waals surface area (Å²) in [6.45, 7) is 0. The summed E-state index contributed by atoms with van der Waals surface area (Å²) in [6.07, 6.45) is 3.62. The van der Waals surface area contributed by atoms with Crippen molar-refractivity contribution in [2.45, 2.75) is 37.8 Å². The number of hydrogen-bond donors (Lipinski definition) is 1. The van der Waals surface area contributed by atoms with Crippen LogP contribution in [-0.4, -0.2) is 42.0 Å². The van der Waals surface area contributed by atoms with Gasteiger partial charge in [-0.05, 0) is 42.7 Å². The number of Topliss-reactive ketones (excluding diaryl/α,β-unsaturated/α-hetero) is 1. The first-order valence-electron chi connectivity index (χ1n) is 10.3. The molecule has 1 aliphatic heterocycles. The van der Waals surface area contributed by atoms with E-state index in [0.29, 0.717) is 11.3 Å². The molecule has 1 saturated carbocycles. The fourth-order valence-electron chi connectivity index (χ4n) is 4.57. The van der Waals surface area contributed by atoms with Gasteiger partial charge in [0, 0.05) is 11.6 Å². The van der Waals surface area contributed by atoms with Crippen LogP contribution in [0.4, 0.5) is 0 Å². The number of rotatable bonds is 5. The molecule has 0 spiro atoms. The third kappa shape index (κ3) is 3.82. The van der Waals surface area contributed by atoms with E-state index in [4.69, 9.17) is 32.7 Å². The fourth-order valence-corrected chi connectivity index (χ4v) is 5.21. The third-order valence-corrected chi connectivity index (χ3v) is 6.67. The monoisotopic (exact) mass is 475 g/mol. The van der Waals surface area contributed by atoms with Crippen LogP contribution in [0.25, 0.3) is 5.76 Å². The first kappa shape index (κ1) is 22.5. The van der Waals surface area contributed by atoms with Gasteiger partial charge in [-0.3, -0.25) is 9.59 Å². The Hall–Kier alpha value is -2.70. The van der Waals surface area contributed by atoms with Gasteiger partial charge in [0.15, 0.2) is 5.75 Å². The van der Waals surface area contributed by atoms with Crippen molar-refractivity contribution in [1.29, 1.82) is 0 Å². The molecule has 4 rings (SSSR count). The van der Waals surface area contributed by atoms with Gasteiger partial charge in [0.1, 0.15) is 11.5 Å². The SMILES string of the molecule is COc1ccc(C2/C(=C(\O)c3cc(Cl)c(OC)c(Cl)c3)C(=O)C(=O)N2C2CCCC2)cc1. The number of hydrogen-bond acceptors (Lipinski definition) is 5. The molecule has 0 radical (unpaired) electrons. The Kier molecular flexibility index (Phi) is 6.35. The normalized spacial score (nSPS) is 20.8. The van der Waals surface area contributed by atoms with Gasteiger partial charge in [0.05, 0.1) is 35.9 Å². The summed E-state index contributed by atoms with van der Waals surface area (Å²) in [5.74, 6) is -0.734. The Bertz CT molecular complexity index is 1070. The van der Waals surface area contributed by atoms with Crippen LogP contribution in [0.2, 0.25) is 10.0 Å². The molecule has 0 aromatic heterocycles. The van der Waals surface area contributed by atoms with E-state index in [1.54, 1.807) is 36.3 Å². The Labute approximate surface area is 196 Å². The summed E-state index contributed by atoms with van der Waals surface area (Å²) in [7, 11) is 3.00. The minimum atomic E-state index is -0.724. The number of ketones is 1. The number of carbonyl (C=O) groups is 2. The number of benzene rings is 2. The highest BCUT2D eigenvalue weighted by Gasteiger charge is 2.49. The Morgan fingerprint density at radius 1 is 1.00 bits per heavy atom. The zero-order chi connectivity index (χ0) is 23.0. The smallest absolute Gasteiger partial charge is 0.295 e. The van der Waals surface area contributed by atoms with Crippen LogP contribution >= 0.6 is 23.2 Å². The van der Waals surface area contributed by atoms with E-state index in [0.717, 1.165) is 25.7 Å². The highest BCUT2D eigenvalue weighted by Crippen LogP contribution is 2.45. The van der Waals surface area contributed by atoms with Gasteiger partial charge >= 0.3 is 0 Å². The lowest BCUT2D eigenvalue weighted by atomic mass is 9.94. The van der Waals surface area contributed by atoms with E-state index in [-0.39, 0.29) is 38.7 Å². The quantitative estimate of drug-likeness (QED) is 0.357. The van der Waals surface area contributed by atoms with Crippen molar-refractivity contribution < 1.29 is 24.2 Å². The van der Waals surface area contributed by atoms with E-state index < -0.39 is 17.7 Å². The lowest BCUT2D eigenvalue weighted by Gasteiger charge is -2.30. The topological polar surface area (TPSA) is 76.1 Å². The number of halogens is 2. The Morgan fingerprint density at radius 2 is 1.59 bits per heavy atom.